The van der Waals surface area contributed by atoms with E-state index in [1.807, 2.05) is 6.92 Å². The number of nitrogens with zero attached hydrogens (tertiary/aromatic N) is 1. The van der Waals surface area contributed by atoms with Crippen molar-refractivity contribution in [3.05, 3.63) is 0 Å². The Labute approximate surface area is 112 Å². The van der Waals surface area contributed by atoms with Gasteiger partial charge in [-0.25, -0.2) is 0 Å². The van der Waals surface area contributed by atoms with Gasteiger partial charge >= 0.3 is 5.97 Å². The molecule has 0 amide bonds. The Bertz CT molecular complexity index is 241. The molecule has 0 bridgehead atoms. The fourth-order valence-electron chi connectivity index (χ4n) is 3.01. The highest BCUT2D eigenvalue weighted by atomic mass is 16.5. The molecule has 18 heavy (non-hydrogen) atoms. The molecule has 0 radical (unpaired) electrons. The zero-order valence-corrected chi connectivity index (χ0v) is 12.3. The Morgan fingerprint density at radius 3 is 2.67 bits per heavy atom. The number of carbonyl (C=O) groups is 1. The van der Waals surface area contributed by atoms with Crippen LogP contribution in [0.3, 0.4) is 0 Å². The first-order valence-corrected chi connectivity index (χ1v) is 7.66. The zero-order valence-electron chi connectivity index (χ0n) is 12.3. The van der Waals surface area contributed by atoms with Gasteiger partial charge in [-0.05, 0) is 39.2 Å². The average Bonchev–Trinajstić information content (AvgIpc) is 2.37. The van der Waals surface area contributed by atoms with Crippen LogP contribution in [0.25, 0.3) is 0 Å². The fourth-order valence-corrected chi connectivity index (χ4v) is 3.01. The van der Waals surface area contributed by atoms with Crippen LogP contribution in [-0.2, 0) is 9.53 Å². The number of esters is 1. The minimum atomic E-state index is -0.0117. The monoisotopic (exact) mass is 255 g/mol. The van der Waals surface area contributed by atoms with Gasteiger partial charge in [0.1, 0.15) is 6.04 Å². The zero-order chi connectivity index (χ0) is 13.4. The molecule has 0 aromatic heterocycles. The molecule has 0 aliphatic carbocycles. The van der Waals surface area contributed by atoms with Gasteiger partial charge in [0.05, 0.1) is 6.61 Å². The van der Waals surface area contributed by atoms with Crippen molar-refractivity contribution in [1.29, 1.82) is 0 Å². The molecule has 1 saturated heterocycles. The second-order valence-electron chi connectivity index (χ2n) is 5.23. The largest absolute Gasteiger partial charge is 0.465 e. The standard InChI is InChI=1S/C15H29NO2/c1-4-9-13-11-7-8-12-16(13)14(10-5-2)15(17)18-6-3/h13-14H,4-12H2,1-3H3. The Kier molecular flexibility index (Phi) is 7.33. The third-order valence-electron chi connectivity index (χ3n) is 3.82. The van der Waals surface area contributed by atoms with Gasteiger partial charge in [-0.15, -0.1) is 0 Å². The Hall–Kier alpha value is -0.570. The van der Waals surface area contributed by atoms with Gasteiger partial charge in [-0.3, -0.25) is 9.69 Å². The molecule has 3 nitrogen and oxygen atoms in total. The minimum absolute atomic E-state index is 0.00759. The van der Waals surface area contributed by atoms with Crippen molar-refractivity contribution in [2.24, 2.45) is 0 Å². The maximum Gasteiger partial charge on any atom is 0.323 e. The predicted octanol–water partition coefficient (Wildman–Crippen LogP) is 3.37. The summed E-state index contributed by atoms with van der Waals surface area (Å²) >= 11 is 0. The van der Waals surface area contributed by atoms with Gasteiger partial charge in [0.25, 0.3) is 0 Å². The van der Waals surface area contributed by atoms with Gasteiger partial charge in [-0.1, -0.05) is 33.1 Å². The van der Waals surface area contributed by atoms with Crippen LogP contribution in [0.1, 0.15) is 65.7 Å². The molecule has 1 aliphatic rings. The van der Waals surface area contributed by atoms with E-state index in [9.17, 15) is 4.79 Å². The summed E-state index contributed by atoms with van der Waals surface area (Å²) in [5.41, 5.74) is 0. The summed E-state index contributed by atoms with van der Waals surface area (Å²) in [7, 11) is 0. The van der Waals surface area contributed by atoms with E-state index in [0.29, 0.717) is 12.6 Å². The highest BCUT2D eigenvalue weighted by molar-refractivity contribution is 5.75. The molecule has 1 aliphatic heterocycles. The summed E-state index contributed by atoms with van der Waals surface area (Å²) < 4.78 is 5.26. The quantitative estimate of drug-likeness (QED) is 0.653. The summed E-state index contributed by atoms with van der Waals surface area (Å²) in [6, 6.07) is 0.580. The summed E-state index contributed by atoms with van der Waals surface area (Å²) in [6.45, 7) is 7.82. The SMILES string of the molecule is CCCC1CCCCN1C(CCC)C(=O)OCC. The van der Waals surface area contributed by atoms with Gasteiger partial charge in [0.15, 0.2) is 0 Å². The van der Waals surface area contributed by atoms with Crippen molar-refractivity contribution < 1.29 is 9.53 Å². The lowest BCUT2D eigenvalue weighted by Crippen LogP contribution is -2.50. The van der Waals surface area contributed by atoms with Crippen LogP contribution in [-0.4, -0.2) is 36.1 Å². The summed E-state index contributed by atoms with van der Waals surface area (Å²) in [4.78, 5) is 14.5. The van der Waals surface area contributed by atoms with Gasteiger partial charge in [-0.2, -0.15) is 0 Å². The number of likely N-dealkylation sites (tertiary alicyclic amines) is 1. The van der Waals surface area contributed by atoms with Crippen LogP contribution in [0.2, 0.25) is 0 Å². The number of ether oxygens (including phenoxy) is 1. The fraction of sp³-hybridized carbons (Fsp3) is 0.933. The normalized spacial score (nSPS) is 22.7. The first-order chi connectivity index (χ1) is 8.74. The van der Waals surface area contributed by atoms with E-state index in [-0.39, 0.29) is 12.0 Å². The lowest BCUT2D eigenvalue weighted by molar-refractivity contribution is -0.151. The summed E-state index contributed by atoms with van der Waals surface area (Å²) in [6.07, 6.45) is 8.15. The molecular weight excluding hydrogens is 226 g/mol. The van der Waals surface area contributed by atoms with E-state index in [4.69, 9.17) is 4.74 Å². The molecule has 0 N–H and O–H groups in total. The Morgan fingerprint density at radius 2 is 2.06 bits per heavy atom. The van der Waals surface area contributed by atoms with E-state index in [0.717, 1.165) is 19.4 Å². The second kappa shape index (κ2) is 8.52. The van der Waals surface area contributed by atoms with Crippen molar-refractivity contribution in [3.63, 3.8) is 0 Å². The van der Waals surface area contributed by atoms with Crippen molar-refractivity contribution in [1.82, 2.24) is 4.90 Å². The highest BCUT2D eigenvalue weighted by Gasteiger charge is 2.32. The van der Waals surface area contributed by atoms with E-state index in [1.54, 1.807) is 0 Å². The average molecular weight is 255 g/mol. The van der Waals surface area contributed by atoms with Crippen LogP contribution in [0, 0.1) is 0 Å². The molecule has 0 saturated carbocycles. The molecule has 3 heteroatoms. The molecule has 1 heterocycles. The summed E-state index contributed by atoms with van der Waals surface area (Å²) in [5, 5.41) is 0. The molecule has 0 spiro atoms. The molecule has 2 unspecified atom stereocenters. The topological polar surface area (TPSA) is 29.5 Å². The Morgan fingerprint density at radius 1 is 1.28 bits per heavy atom. The highest BCUT2D eigenvalue weighted by Crippen LogP contribution is 2.25. The second-order valence-corrected chi connectivity index (χ2v) is 5.23. The Balaban J connectivity index is 2.70. The predicted molar refractivity (Wildman–Crippen MR) is 74.6 cm³/mol. The lowest BCUT2D eigenvalue weighted by atomic mass is 9.95. The van der Waals surface area contributed by atoms with Crippen LogP contribution >= 0.6 is 0 Å². The van der Waals surface area contributed by atoms with Crippen molar-refractivity contribution in [2.45, 2.75) is 77.8 Å². The molecule has 0 aromatic rings. The summed E-state index contributed by atoms with van der Waals surface area (Å²) in [5.74, 6) is -0.0117. The third-order valence-corrected chi connectivity index (χ3v) is 3.82. The van der Waals surface area contributed by atoms with Gasteiger partial charge in [0.2, 0.25) is 0 Å². The van der Waals surface area contributed by atoms with E-state index in [2.05, 4.69) is 18.7 Å². The molecule has 106 valence electrons. The van der Waals surface area contributed by atoms with E-state index < -0.39 is 0 Å². The van der Waals surface area contributed by atoms with Crippen molar-refractivity contribution in [2.75, 3.05) is 13.2 Å². The lowest BCUT2D eigenvalue weighted by Gasteiger charge is -2.40. The molecule has 1 rings (SSSR count). The van der Waals surface area contributed by atoms with Crippen LogP contribution in [0.4, 0.5) is 0 Å². The first-order valence-electron chi connectivity index (χ1n) is 7.66. The molecule has 1 fully saturated rings. The van der Waals surface area contributed by atoms with Crippen LogP contribution in [0.5, 0.6) is 0 Å². The van der Waals surface area contributed by atoms with E-state index in [1.165, 1.54) is 32.1 Å². The smallest absolute Gasteiger partial charge is 0.323 e. The van der Waals surface area contributed by atoms with Gasteiger partial charge < -0.3 is 4.74 Å². The minimum Gasteiger partial charge on any atom is -0.465 e. The number of carbonyl (C=O) groups excluding carboxylic acids is 1. The third kappa shape index (κ3) is 4.27. The molecule has 2 atom stereocenters. The van der Waals surface area contributed by atoms with Gasteiger partial charge in [0, 0.05) is 6.04 Å². The first kappa shape index (κ1) is 15.5. The van der Waals surface area contributed by atoms with Crippen molar-refractivity contribution >= 4 is 5.97 Å². The number of hydrogen-bond donors (Lipinski definition) is 0. The van der Waals surface area contributed by atoms with E-state index >= 15 is 0 Å². The van der Waals surface area contributed by atoms with Crippen LogP contribution in [0.15, 0.2) is 0 Å². The van der Waals surface area contributed by atoms with Crippen molar-refractivity contribution in [3.8, 4) is 0 Å². The maximum absolute atomic E-state index is 12.1. The number of rotatable bonds is 7. The maximum atomic E-state index is 12.1. The molecular formula is C15H29NO2. The number of hydrogen-bond acceptors (Lipinski definition) is 3. The molecule has 0 aromatic carbocycles. The number of piperidine rings is 1. The van der Waals surface area contributed by atoms with Crippen LogP contribution < -0.4 is 0 Å².